The van der Waals surface area contributed by atoms with Crippen LogP contribution in [0.15, 0.2) is 54.6 Å². The number of methoxy groups -OCH3 is 1. The molecule has 1 unspecified atom stereocenters. The number of hydrogen-bond donors (Lipinski definition) is 2. The number of hydrogen-bond acceptors (Lipinski definition) is 4. The van der Waals surface area contributed by atoms with Crippen LogP contribution in [0.5, 0.6) is 5.75 Å². The third-order valence-corrected chi connectivity index (χ3v) is 6.38. The fourth-order valence-corrected chi connectivity index (χ4v) is 4.29. The highest BCUT2D eigenvalue weighted by atomic mass is 19.4. The first-order chi connectivity index (χ1) is 19.5. The molecule has 13 heteroatoms. The van der Waals surface area contributed by atoms with Gasteiger partial charge in [-0.3, -0.25) is 9.59 Å². The number of benzene rings is 3. The lowest BCUT2D eigenvalue weighted by Crippen LogP contribution is -2.42. The van der Waals surface area contributed by atoms with E-state index in [1.807, 2.05) is 6.07 Å². The number of halogens is 7. The molecule has 0 fully saturated rings. The third kappa shape index (κ3) is 6.82. The summed E-state index contributed by atoms with van der Waals surface area (Å²) in [5.74, 6) is -1.45. The molecule has 0 aliphatic rings. The lowest BCUT2D eigenvalue weighted by Gasteiger charge is -2.30. The fraction of sp³-hybridized carbons (Fsp3) is 0.276. The predicted octanol–water partition coefficient (Wildman–Crippen LogP) is 7.62. The number of carbonyl (C=O) groups is 2. The van der Waals surface area contributed by atoms with E-state index in [0.717, 1.165) is 0 Å². The Labute approximate surface area is 236 Å². The number of para-hydroxylation sites is 1. The zero-order chi connectivity index (χ0) is 31.5. The zero-order valence-electron chi connectivity index (χ0n) is 22.4. The smallest absolute Gasteiger partial charge is 0.427 e. The molecule has 0 aliphatic heterocycles. The second-order valence-electron chi connectivity index (χ2n) is 9.26. The van der Waals surface area contributed by atoms with Gasteiger partial charge in [0, 0.05) is 11.3 Å². The van der Waals surface area contributed by atoms with Crippen LogP contribution in [-0.4, -0.2) is 31.3 Å². The lowest BCUT2D eigenvalue weighted by atomic mass is 9.87. The first kappa shape index (κ1) is 31.9. The maximum absolute atomic E-state index is 15.1. The normalized spacial score (nSPS) is 13.1. The Kier molecular flexibility index (Phi) is 9.20. The molecule has 0 saturated carbocycles. The number of ether oxygens (including phenoxy) is 1. The summed E-state index contributed by atoms with van der Waals surface area (Å²) < 4.78 is 100. The van der Waals surface area contributed by atoms with Crippen LogP contribution in [0.4, 0.5) is 42.1 Å². The van der Waals surface area contributed by atoms with Crippen molar-refractivity contribution in [2.45, 2.75) is 44.7 Å². The summed E-state index contributed by atoms with van der Waals surface area (Å²) in [4.78, 5) is 26.0. The molecule has 2 amide bonds. The molecule has 0 radical (unpaired) electrons. The predicted molar refractivity (Wildman–Crippen MR) is 140 cm³/mol. The van der Waals surface area contributed by atoms with Gasteiger partial charge >= 0.3 is 12.4 Å². The number of amides is 2. The van der Waals surface area contributed by atoms with Crippen LogP contribution in [0.1, 0.15) is 56.3 Å². The van der Waals surface area contributed by atoms with Crippen LogP contribution < -0.4 is 15.4 Å². The van der Waals surface area contributed by atoms with Crippen LogP contribution >= 0.6 is 0 Å². The van der Waals surface area contributed by atoms with Crippen molar-refractivity contribution in [3.05, 3.63) is 88.0 Å². The second kappa shape index (κ2) is 12.1. The lowest BCUT2D eigenvalue weighted by molar-refractivity contribution is -0.273. The van der Waals surface area contributed by atoms with E-state index in [4.69, 9.17) is 10.00 Å². The molecule has 222 valence electrons. The van der Waals surface area contributed by atoms with Gasteiger partial charge in [-0.1, -0.05) is 25.1 Å². The fourth-order valence-electron chi connectivity index (χ4n) is 4.29. The largest absolute Gasteiger partial charge is 0.494 e. The Morgan fingerprint density at radius 3 is 2.10 bits per heavy atom. The molecule has 2 N–H and O–H groups in total. The summed E-state index contributed by atoms with van der Waals surface area (Å²) in [7, 11) is 1.24. The minimum absolute atomic E-state index is 0.0168. The number of anilines is 2. The molecule has 0 saturated heterocycles. The van der Waals surface area contributed by atoms with Crippen molar-refractivity contribution in [1.29, 1.82) is 5.26 Å². The van der Waals surface area contributed by atoms with E-state index >= 15 is 4.39 Å². The summed E-state index contributed by atoms with van der Waals surface area (Å²) in [5, 5.41) is 14.0. The number of rotatable bonds is 8. The first-order valence-electron chi connectivity index (χ1n) is 12.3. The number of carbonyl (C=O) groups excluding carboxylic acids is 2. The second-order valence-corrected chi connectivity index (χ2v) is 9.26. The van der Waals surface area contributed by atoms with Crippen LogP contribution in [0.3, 0.4) is 0 Å². The average Bonchev–Trinajstić information content (AvgIpc) is 2.92. The molecule has 3 aromatic rings. The zero-order valence-corrected chi connectivity index (χ0v) is 22.4. The number of nitriles is 1. The van der Waals surface area contributed by atoms with Crippen LogP contribution in [0.2, 0.25) is 0 Å². The van der Waals surface area contributed by atoms with Gasteiger partial charge in [0.05, 0.1) is 36.4 Å². The molecule has 0 heterocycles. The monoisotopic (exact) mass is 595 g/mol. The standard InChI is InChI=1S/C29H24F7N3O3/c1-4-18-13-20(27(30,29(34,35)36)15-28(31,32)33)12-16(2)23(18)39-26(41)21-6-5-7-22(24(21)42-3)38-25(40)19-10-8-17(14-37)9-11-19/h5-13H,4,15H2,1-3H3,(H,38,40)(H,39,41). The van der Waals surface area contributed by atoms with Crippen molar-refractivity contribution >= 4 is 23.2 Å². The van der Waals surface area contributed by atoms with Crippen molar-refractivity contribution in [1.82, 2.24) is 0 Å². The molecule has 42 heavy (non-hydrogen) atoms. The van der Waals surface area contributed by atoms with Crippen molar-refractivity contribution < 1.29 is 45.1 Å². The summed E-state index contributed by atoms with van der Waals surface area (Å²) >= 11 is 0. The Balaban J connectivity index is 1.97. The van der Waals surface area contributed by atoms with Crippen molar-refractivity contribution in [2.75, 3.05) is 17.7 Å². The SMILES string of the molecule is CCc1cc(C(F)(CC(F)(F)F)C(F)(F)F)cc(C)c1NC(=O)c1cccc(NC(=O)c2ccc(C#N)cc2)c1OC. The topological polar surface area (TPSA) is 91.2 Å². The van der Waals surface area contributed by atoms with E-state index < -0.39 is 41.8 Å². The molecule has 3 rings (SSSR count). The number of aryl methyl sites for hydroxylation is 2. The van der Waals surface area contributed by atoms with Gasteiger partial charge in [-0.25, -0.2) is 4.39 Å². The van der Waals surface area contributed by atoms with Gasteiger partial charge in [0.25, 0.3) is 11.8 Å². The maximum atomic E-state index is 15.1. The summed E-state index contributed by atoms with van der Waals surface area (Å²) in [6.45, 7) is 2.71. The Bertz CT molecular complexity index is 1530. The van der Waals surface area contributed by atoms with E-state index in [1.54, 1.807) is 0 Å². The highest BCUT2D eigenvalue weighted by Crippen LogP contribution is 2.50. The van der Waals surface area contributed by atoms with Gasteiger partial charge in [-0.15, -0.1) is 0 Å². The molecule has 1 atom stereocenters. The van der Waals surface area contributed by atoms with Gasteiger partial charge in [0.1, 0.15) is 0 Å². The Hall–Kier alpha value is -4.60. The molecule has 6 nitrogen and oxygen atoms in total. The minimum Gasteiger partial charge on any atom is -0.494 e. The quantitative estimate of drug-likeness (QED) is 0.262. The third-order valence-electron chi connectivity index (χ3n) is 6.38. The van der Waals surface area contributed by atoms with E-state index in [1.165, 1.54) is 63.4 Å². The molecule has 0 bridgehead atoms. The van der Waals surface area contributed by atoms with E-state index in [0.29, 0.717) is 17.7 Å². The first-order valence-corrected chi connectivity index (χ1v) is 12.3. The van der Waals surface area contributed by atoms with E-state index in [9.17, 15) is 35.9 Å². The number of nitrogens with one attached hydrogen (secondary N) is 2. The average molecular weight is 596 g/mol. The number of nitrogens with zero attached hydrogens (tertiary/aromatic N) is 1. The number of alkyl halides is 7. The minimum atomic E-state index is -5.86. The summed E-state index contributed by atoms with van der Waals surface area (Å²) in [5.41, 5.74) is -5.52. The molecular formula is C29H24F7N3O3. The Morgan fingerprint density at radius 1 is 0.929 bits per heavy atom. The summed E-state index contributed by atoms with van der Waals surface area (Å²) in [6, 6.07) is 13.2. The highest BCUT2D eigenvalue weighted by molar-refractivity contribution is 6.10. The molecular weight excluding hydrogens is 571 g/mol. The van der Waals surface area contributed by atoms with Gasteiger partial charge < -0.3 is 15.4 Å². The van der Waals surface area contributed by atoms with Gasteiger partial charge in [0.15, 0.2) is 5.75 Å². The van der Waals surface area contributed by atoms with Crippen LogP contribution in [-0.2, 0) is 12.1 Å². The van der Waals surface area contributed by atoms with E-state index in [2.05, 4.69) is 10.6 Å². The molecule has 0 aliphatic carbocycles. The van der Waals surface area contributed by atoms with Gasteiger partial charge in [-0.05, 0) is 66.4 Å². The van der Waals surface area contributed by atoms with Crippen LogP contribution in [0, 0.1) is 18.3 Å². The van der Waals surface area contributed by atoms with Gasteiger partial charge in [-0.2, -0.15) is 31.6 Å². The van der Waals surface area contributed by atoms with Crippen molar-refractivity contribution in [3.63, 3.8) is 0 Å². The van der Waals surface area contributed by atoms with E-state index in [-0.39, 0.29) is 45.8 Å². The van der Waals surface area contributed by atoms with Crippen molar-refractivity contribution in [3.8, 4) is 11.8 Å². The van der Waals surface area contributed by atoms with Gasteiger partial charge in [0.2, 0.25) is 5.67 Å². The summed E-state index contributed by atoms with van der Waals surface area (Å²) in [6.07, 6.45) is -14.1. The maximum Gasteiger partial charge on any atom is 0.427 e. The van der Waals surface area contributed by atoms with Crippen molar-refractivity contribution in [2.24, 2.45) is 0 Å². The molecule has 3 aromatic carbocycles. The van der Waals surface area contributed by atoms with Crippen LogP contribution in [0.25, 0.3) is 0 Å². The molecule has 0 aromatic heterocycles. The molecule has 0 spiro atoms. The Morgan fingerprint density at radius 2 is 1.57 bits per heavy atom. The highest BCUT2D eigenvalue weighted by Gasteiger charge is 2.62.